The molecule has 0 aliphatic rings. The van der Waals surface area contributed by atoms with Crippen LogP contribution in [0, 0.1) is 0 Å². The average Bonchev–Trinajstić information content (AvgIpc) is 2.30. The number of hydrogen-bond donors (Lipinski definition) is 1. The lowest BCUT2D eigenvalue weighted by Gasteiger charge is -2.41. The van der Waals surface area contributed by atoms with Crippen LogP contribution in [0.15, 0.2) is 0 Å². The first-order valence-corrected chi connectivity index (χ1v) is 7.06. The van der Waals surface area contributed by atoms with Crippen molar-refractivity contribution >= 4 is 151 Å². The Morgan fingerprint density at radius 3 is 1.45 bits per heavy atom. The molecule has 0 atom stereocenters. The predicted octanol–water partition coefficient (Wildman–Crippen LogP) is -6.46. The summed E-state index contributed by atoms with van der Waals surface area (Å²) in [5.41, 5.74) is 0. The van der Waals surface area contributed by atoms with Crippen LogP contribution in [0.2, 0.25) is 1.41 Å². The number of halogens is 1. The highest BCUT2D eigenvalue weighted by Gasteiger charge is 2.42. The quantitative estimate of drug-likeness (QED) is 0.251. The standard InChI is InChI=1S/B18HIN/c1-10-15(11(2)3)17(14(8)9)18(20-19)16(12(4)5)13(6)7/h20H/q-1/i/hT. The Kier molecular flexibility index (Phi) is 10.5. The molecule has 20 radical (unpaired) electrons. The van der Waals surface area contributed by atoms with Crippen molar-refractivity contribution in [3.05, 3.63) is 0 Å². The van der Waals surface area contributed by atoms with Crippen LogP contribution in [0.3, 0.4) is 0 Å². The highest BCUT2D eigenvalue weighted by Crippen LogP contribution is 2.04. The highest BCUT2D eigenvalue weighted by atomic mass is 127. The molecule has 20 heteroatoms. The molecular formula is HB18IN-. The Hall–Kier alpha value is 1.86. The summed E-state index contributed by atoms with van der Waals surface area (Å²) in [5, 5.41) is 0. The minimum atomic E-state index is -0.883. The molecule has 68 valence electrons. The van der Waals surface area contributed by atoms with Crippen molar-refractivity contribution in [3.63, 3.8) is 0 Å². The number of rotatable bonds is 9. The van der Waals surface area contributed by atoms with E-state index in [1.165, 1.54) is 7.06 Å². The maximum absolute atomic E-state index is 7.94. The molecule has 1 nitrogen and oxygen atoms in total. The van der Waals surface area contributed by atoms with Crippen LogP contribution >= 0.6 is 22.9 Å². The van der Waals surface area contributed by atoms with Crippen LogP contribution in [-0.4, -0.2) is 128 Å². The molecule has 0 rings (SSSR count). The minimum absolute atomic E-state index is 0.572. The maximum atomic E-state index is 7.94. The van der Waals surface area contributed by atoms with Crippen LogP contribution in [-0.2, 0) is 0 Å². The van der Waals surface area contributed by atoms with Gasteiger partial charge in [-0.2, -0.15) is 0 Å². The van der Waals surface area contributed by atoms with Gasteiger partial charge in [0.15, 0.2) is 0 Å². The molecule has 0 amide bonds. The summed E-state index contributed by atoms with van der Waals surface area (Å²) in [6.07, 6.45) is -5.32. The van der Waals surface area contributed by atoms with Gasteiger partial charge in [0.05, 0.1) is 0 Å². The molecule has 0 bridgehead atoms. The van der Waals surface area contributed by atoms with Gasteiger partial charge in [-0.15, -0.1) is 0 Å². The van der Waals surface area contributed by atoms with Gasteiger partial charge in [0.25, 0.3) is 0 Å². The molecule has 0 saturated carbocycles. The second-order valence-corrected chi connectivity index (χ2v) is 5.38. The summed E-state index contributed by atoms with van der Waals surface area (Å²) in [6.45, 7) is -0.690. The molecule has 0 aliphatic carbocycles. The van der Waals surface area contributed by atoms with Gasteiger partial charge in [-0.1, -0.05) is 0 Å². The Bertz CT molecular complexity index is 268. The molecule has 1 N–H and O–H groups in total. The zero-order valence-corrected chi connectivity index (χ0v) is 13.4. The summed E-state index contributed by atoms with van der Waals surface area (Å²) >= 11 is 1.74. The van der Waals surface area contributed by atoms with Gasteiger partial charge in [0.1, 0.15) is 8.04 Å². The first kappa shape index (κ1) is 19.9. The Morgan fingerprint density at radius 2 is 1.25 bits per heavy atom. The van der Waals surface area contributed by atoms with Crippen molar-refractivity contribution in [1.29, 1.82) is 0 Å². The van der Waals surface area contributed by atoms with Gasteiger partial charge in [0, 0.05) is 101 Å². The molecule has 0 heterocycles. The SMILES string of the molecule is [3H]N(I)B(B(B([B])[B])B([B])[B])B(B([B])[B])B([B][B-])B([B])[B]. The summed E-state index contributed by atoms with van der Waals surface area (Å²) < 4.78 is 9.02. The van der Waals surface area contributed by atoms with E-state index in [0.717, 1.165) is 3.43 Å². The Labute approximate surface area is 155 Å². The average molecular weight is 339 g/mol. The smallest absolute Gasteiger partial charge is 0.129 e. The molecule has 0 aromatic carbocycles. The van der Waals surface area contributed by atoms with Gasteiger partial charge >= 0.3 is 0 Å². The van der Waals surface area contributed by atoms with Crippen LogP contribution in [0.1, 0.15) is 0 Å². The second-order valence-electron chi connectivity index (χ2n) is 4.82. The third-order valence-electron chi connectivity index (χ3n) is 3.35. The molecule has 0 aromatic rings. The highest BCUT2D eigenvalue weighted by molar-refractivity contribution is 14.1. The van der Waals surface area contributed by atoms with E-state index in [2.05, 4.69) is 0 Å². The van der Waals surface area contributed by atoms with E-state index < -0.39 is 51.3 Å². The fourth-order valence-corrected chi connectivity index (χ4v) is 3.07. The number of hydrogen-bond acceptors (Lipinski definition) is 1. The van der Waals surface area contributed by atoms with Crippen LogP contribution in [0.25, 0.3) is 0 Å². The maximum Gasteiger partial charge on any atom is 0.129 e. The van der Waals surface area contributed by atoms with Gasteiger partial charge < -0.3 is 11.2 Å². The molecule has 0 aromatic heterocycles. The van der Waals surface area contributed by atoms with Crippen molar-refractivity contribution in [2.45, 2.75) is 0 Å². The van der Waals surface area contributed by atoms with Crippen molar-refractivity contribution in [2.75, 3.05) is 0 Å². The van der Waals surface area contributed by atoms with Crippen LogP contribution in [0.5, 0.6) is 0 Å². The van der Waals surface area contributed by atoms with Crippen molar-refractivity contribution < 1.29 is 1.41 Å². The minimum Gasteiger partial charge on any atom is -0.690 e. The van der Waals surface area contributed by atoms with E-state index in [-0.39, 0.29) is 0 Å². The van der Waals surface area contributed by atoms with E-state index in [1.807, 2.05) is 0 Å². The number of nitrogens with one attached hydrogen (secondary N) is 1. The zero-order valence-electron chi connectivity index (χ0n) is 12.2. The lowest BCUT2D eigenvalue weighted by molar-refractivity contribution is 1.79. The first-order valence-electron chi connectivity index (χ1n) is 6.54. The van der Waals surface area contributed by atoms with E-state index in [0.29, 0.717) is 0 Å². The van der Waals surface area contributed by atoms with Gasteiger partial charge in [-0.3, -0.25) is 7.06 Å². The van der Waals surface area contributed by atoms with Gasteiger partial charge in [0.2, 0.25) is 0 Å². The summed E-state index contributed by atoms with van der Waals surface area (Å²) in [7, 11) is 53.0. The zero-order chi connectivity index (χ0) is 16.9. The molecule has 0 spiro atoms. The molecule has 0 aliphatic heterocycles. The Morgan fingerprint density at radius 1 is 0.850 bits per heavy atom. The fourth-order valence-electron chi connectivity index (χ4n) is 2.32. The van der Waals surface area contributed by atoms with Crippen LogP contribution in [0.4, 0.5) is 0 Å². The van der Waals surface area contributed by atoms with E-state index in [4.69, 9.17) is 71.0 Å². The van der Waals surface area contributed by atoms with Crippen LogP contribution < -0.4 is 3.43 Å². The summed E-state index contributed by atoms with van der Waals surface area (Å²) in [5.74, 6) is 0. The lowest BCUT2D eigenvalue weighted by Crippen LogP contribution is -2.79. The molecule has 20 heavy (non-hydrogen) atoms. The summed E-state index contributed by atoms with van der Waals surface area (Å²) in [4.78, 5) is 0. The molecule has 0 unspecified atom stereocenters. The van der Waals surface area contributed by atoms with Crippen molar-refractivity contribution in [2.24, 2.45) is 0 Å². The van der Waals surface area contributed by atoms with Gasteiger partial charge in [-0.05, 0) is 28.2 Å². The molecular weight excluding hydrogens is 336 g/mol. The summed E-state index contributed by atoms with van der Waals surface area (Å²) in [6, 6.07) is 0. The predicted molar refractivity (Wildman–Crippen MR) is 121 cm³/mol. The normalized spacial score (nSPS) is 10.2. The van der Waals surface area contributed by atoms with Gasteiger partial charge in [-0.25, -0.2) is 0 Å². The monoisotopic (exact) mass is 342 g/mol. The van der Waals surface area contributed by atoms with E-state index in [1.54, 1.807) is 22.9 Å². The van der Waals surface area contributed by atoms with Crippen molar-refractivity contribution in [1.82, 2.24) is 3.43 Å². The topological polar surface area (TPSA) is 12.0 Å². The van der Waals surface area contributed by atoms with E-state index >= 15 is 0 Å². The second kappa shape index (κ2) is 10.6. The molecule has 0 fully saturated rings. The first-order chi connectivity index (χ1) is 9.56. The Balaban J connectivity index is 5.73. The molecule has 0 saturated heterocycles. The lowest BCUT2D eigenvalue weighted by atomic mass is 8.46. The largest absolute Gasteiger partial charge is 0.690 e. The van der Waals surface area contributed by atoms with E-state index in [9.17, 15) is 0 Å². The fraction of sp³-hybridized carbons (Fsp3) is 0. The van der Waals surface area contributed by atoms with Crippen molar-refractivity contribution in [3.8, 4) is 0 Å². The third kappa shape index (κ3) is 6.16. The third-order valence-corrected chi connectivity index (χ3v) is 3.99.